The molecule has 0 amide bonds. The Kier molecular flexibility index (Phi) is 9.55. The van der Waals surface area contributed by atoms with Gasteiger partial charge in [0.15, 0.2) is 0 Å². The van der Waals surface area contributed by atoms with E-state index in [1.54, 1.807) is 0 Å². The zero-order valence-electron chi connectivity index (χ0n) is 9.28. The highest BCUT2D eigenvalue weighted by molar-refractivity contribution is 5.62. The van der Waals surface area contributed by atoms with Crippen molar-refractivity contribution in [1.29, 1.82) is 0 Å². The summed E-state index contributed by atoms with van der Waals surface area (Å²) in [6.45, 7) is 1.08. The second-order valence-electron chi connectivity index (χ2n) is 2.83. The van der Waals surface area contributed by atoms with Crippen LogP contribution in [0.15, 0.2) is 72.8 Å². The second kappa shape index (κ2) is 11.0. The summed E-state index contributed by atoms with van der Waals surface area (Å²) in [6.07, 6.45) is 0. The summed E-state index contributed by atoms with van der Waals surface area (Å²) in [6, 6.07) is 24.0. The molecule has 2 nitrogen and oxygen atoms in total. The minimum absolute atomic E-state index is 0.833. The molecule has 2 rings (SSSR count). The van der Waals surface area contributed by atoms with Gasteiger partial charge < -0.3 is 5.11 Å². The molecule has 1 N–H and O–H groups in total. The molecule has 0 saturated carbocycles. The minimum Gasteiger partial charge on any atom is -0.481 e. The molecule has 0 bridgehead atoms. The molecular formula is C14H16O2. The lowest BCUT2D eigenvalue weighted by Crippen LogP contribution is -1.78. The fourth-order valence-electron chi connectivity index (χ4n) is 0.770. The second-order valence-corrected chi connectivity index (χ2v) is 2.83. The average molecular weight is 216 g/mol. The van der Waals surface area contributed by atoms with Crippen LogP contribution in [0, 0.1) is 0 Å². The van der Waals surface area contributed by atoms with Crippen LogP contribution in [-0.4, -0.2) is 11.1 Å². The number of carboxylic acid groups (broad SMARTS) is 1. The molecule has 2 aromatic rings. The molecule has 0 atom stereocenters. The first kappa shape index (κ1) is 13.9. The van der Waals surface area contributed by atoms with Gasteiger partial charge in [-0.05, 0) is 0 Å². The van der Waals surface area contributed by atoms with E-state index in [0.29, 0.717) is 0 Å². The zero-order valence-corrected chi connectivity index (χ0v) is 9.28. The molecule has 0 heterocycles. The van der Waals surface area contributed by atoms with E-state index in [1.165, 1.54) is 0 Å². The Morgan fingerprint density at radius 2 is 0.688 bits per heavy atom. The van der Waals surface area contributed by atoms with Gasteiger partial charge in [0.1, 0.15) is 0 Å². The number of benzene rings is 2. The van der Waals surface area contributed by atoms with Crippen LogP contribution in [0.2, 0.25) is 0 Å². The van der Waals surface area contributed by atoms with Gasteiger partial charge in [-0.1, -0.05) is 72.8 Å². The van der Waals surface area contributed by atoms with Gasteiger partial charge in [0.05, 0.1) is 0 Å². The molecule has 0 fully saturated rings. The summed E-state index contributed by atoms with van der Waals surface area (Å²) in [4.78, 5) is 9.00. The maximum absolute atomic E-state index is 9.00. The first-order valence-electron chi connectivity index (χ1n) is 4.93. The Balaban J connectivity index is 0.000000217. The topological polar surface area (TPSA) is 37.3 Å². The SMILES string of the molecule is CC(=O)O.c1ccccc1.c1ccccc1. The van der Waals surface area contributed by atoms with Crippen LogP contribution >= 0.6 is 0 Å². The van der Waals surface area contributed by atoms with Crippen LogP contribution in [0.3, 0.4) is 0 Å². The maximum Gasteiger partial charge on any atom is 0.300 e. The summed E-state index contributed by atoms with van der Waals surface area (Å²) in [5, 5.41) is 7.42. The van der Waals surface area contributed by atoms with E-state index in [-0.39, 0.29) is 0 Å². The van der Waals surface area contributed by atoms with E-state index in [9.17, 15) is 0 Å². The van der Waals surface area contributed by atoms with E-state index >= 15 is 0 Å². The number of carboxylic acids is 1. The van der Waals surface area contributed by atoms with E-state index in [0.717, 1.165) is 6.92 Å². The Labute approximate surface area is 96.2 Å². The fraction of sp³-hybridized carbons (Fsp3) is 0.0714. The molecule has 0 aromatic heterocycles. The molecule has 0 aliphatic heterocycles. The van der Waals surface area contributed by atoms with Gasteiger partial charge in [-0.25, -0.2) is 0 Å². The monoisotopic (exact) mass is 216 g/mol. The smallest absolute Gasteiger partial charge is 0.300 e. The quantitative estimate of drug-likeness (QED) is 0.732. The van der Waals surface area contributed by atoms with Crippen molar-refractivity contribution >= 4 is 5.97 Å². The summed E-state index contributed by atoms with van der Waals surface area (Å²) in [7, 11) is 0. The van der Waals surface area contributed by atoms with Gasteiger partial charge >= 0.3 is 0 Å². The molecule has 0 radical (unpaired) electrons. The highest BCUT2D eigenvalue weighted by Crippen LogP contribution is 1.80. The highest BCUT2D eigenvalue weighted by atomic mass is 16.4. The van der Waals surface area contributed by atoms with Gasteiger partial charge in [0, 0.05) is 6.92 Å². The number of hydrogen-bond acceptors (Lipinski definition) is 1. The minimum atomic E-state index is -0.833. The Bertz CT molecular complexity index is 255. The number of aliphatic carboxylic acids is 1. The number of carbonyl (C=O) groups is 1. The third kappa shape index (κ3) is 14.4. The van der Waals surface area contributed by atoms with Gasteiger partial charge in [0.25, 0.3) is 5.97 Å². The molecule has 2 aromatic carbocycles. The van der Waals surface area contributed by atoms with Crippen molar-refractivity contribution in [3.8, 4) is 0 Å². The normalized spacial score (nSPS) is 7.56. The van der Waals surface area contributed by atoms with Gasteiger partial charge in [-0.15, -0.1) is 0 Å². The van der Waals surface area contributed by atoms with E-state index in [1.807, 2.05) is 72.8 Å². The van der Waals surface area contributed by atoms with Gasteiger partial charge in [0.2, 0.25) is 0 Å². The molecule has 2 heteroatoms. The van der Waals surface area contributed by atoms with Crippen LogP contribution in [-0.2, 0) is 4.79 Å². The standard InChI is InChI=1S/2C6H6.C2H4O2/c2*1-2-4-6-5-3-1;1-2(3)4/h2*1-6H;1H3,(H,3,4). The fourth-order valence-corrected chi connectivity index (χ4v) is 0.770. The first-order valence-corrected chi connectivity index (χ1v) is 4.93. The van der Waals surface area contributed by atoms with E-state index in [4.69, 9.17) is 9.90 Å². The Morgan fingerprint density at radius 3 is 0.750 bits per heavy atom. The molecule has 16 heavy (non-hydrogen) atoms. The van der Waals surface area contributed by atoms with Crippen LogP contribution in [0.4, 0.5) is 0 Å². The first-order chi connectivity index (χ1) is 7.73. The van der Waals surface area contributed by atoms with Crippen LogP contribution in [0.1, 0.15) is 6.92 Å². The lowest BCUT2D eigenvalue weighted by molar-refractivity contribution is -0.134. The Morgan fingerprint density at radius 1 is 0.625 bits per heavy atom. The van der Waals surface area contributed by atoms with Crippen LogP contribution < -0.4 is 0 Å². The third-order valence-electron chi connectivity index (χ3n) is 1.33. The summed E-state index contributed by atoms with van der Waals surface area (Å²) >= 11 is 0. The summed E-state index contributed by atoms with van der Waals surface area (Å²) in [5.41, 5.74) is 0. The van der Waals surface area contributed by atoms with Crippen molar-refractivity contribution in [2.45, 2.75) is 6.92 Å². The van der Waals surface area contributed by atoms with Crippen LogP contribution in [0.5, 0.6) is 0 Å². The Hall–Kier alpha value is -2.09. The van der Waals surface area contributed by atoms with Crippen LogP contribution in [0.25, 0.3) is 0 Å². The molecule has 0 saturated heterocycles. The number of hydrogen-bond donors (Lipinski definition) is 1. The van der Waals surface area contributed by atoms with Crippen molar-refractivity contribution in [3.05, 3.63) is 72.8 Å². The predicted molar refractivity (Wildman–Crippen MR) is 66.2 cm³/mol. The van der Waals surface area contributed by atoms with Crippen molar-refractivity contribution in [1.82, 2.24) is 0 Å². The third-order valence-corrected chi connectivity index (χ3v) is 1.33. The molecule has 0 aliphatic carbocycles. The maximum atomic E-state index is 9.00. The van der Waals surface area contributed by atoms with Crippen molar-refractivity contribution in [2.24, 2.45) is 0 Å². The molecular weight excluding hydrogens is 200 g/mol. The van der Waals surface area contributed by atoms with Gasteiger partial charge in [-0.3, -0.25) is 4.79 Å². The summed E-state index contributed by atoms with van der Waals surface area (Å²) < 4.78 is 0. The van der Waals surface area contributed by atoms with Crippen molar-refractivity contribution in [3.63, 3.8) is 0 Å². The average Bonchev–Trinajstić information content (AvgIpc) is 2.34. The van der Waals surface area contributed by atoms with Crippen molar-refractivity contribution < 1.29 is 9.90 Å². The van der Waals surface area contributed by atoms with Crippen molar-refractivity contribution in [2.75, 3.05) is 0 Å². The molecule has 0 spiro atoms. The van der Waals surface area contributed by atoms with Gasteiger partial charge in [-0.2, -0.15) is 0 Å². The predicted octanol–water partition coefficient (Wildman–Crippen LogP) is 3.46. The molecule has 0 aliphatic rings. The largest absolute Gasteiger partial charge is 0.481 e. The highest BCUT2D eigenvalue weighted by Gasteiger charge is 1.65. The zero-order chi connectivity index (χ0) is 12.1. The number of rotatable bonds is 0. The lowest BCUT2D eigenvalue weighted by atomic mass is 10.4. The molecule has 0 unspecified atom stereocenters. The van der Waals surface area contributed by atoms with E-state index in [2.05, 4.69) is 0 Å². The van der Waals surface area contributed by atoms with E-state index < -0.39 is 5.97 Å². The molecule has 84 valence electrons. The lowest BCUT2D eigenvalue weighted by Gasteiger charge is -1.69. The summed E-state index contributed by atoms with van der Waals surface area (Å²) in [5.74, 6) is -0.833.